The van der Waals surface area contributed by atoms with Gasteiger partial charge in [0.25, 0.3) is 0 Å². The Kier molecular flexibility index (Phi) is 3.68. The third-order valence-corrected chi connectivity index (χ3v) is 3.45. The predicted octanol–water partition coefficient (Wildman–Crippen LogP) is 2.40. The zero-order chi connectivity index (χ0) is 14.7. The van der Waals surface area contributed by atoms with Crippen LogP contribution in [0, 0.1) is 6.92 Å². The molecule has 2 heterocycles. The maximum Gasteiger partial charge on any atom is 0.153 e. The molecule has 0 aliphatic rings. The molecule has 0 radical (unpaired) electrons. The Balaban J connectivity index is 1.76. The molecule has 0 spiro atoms. The van der Waals surface area contributed by atoms with Crippen molar-refractivity contribution in [3.63, 3.8) is 0 Å². The fraction of sp³-hybridized carbons (Fsp3) is 0.267. The molecule has 0 fully saturated rings. The van der Waals surface area contributed by atoms with Crippen molar-refractivity contribution in [1.82, 2.24) is 24.8 Å². The van der Waals surface area contributed by atoms with Gasteiger partial charge in [0.1, 0.15) is 0 Å². The van der Waals surface area contributed by atoms with Gasteiger partial charge in [-0.2, -0.15) is 4.68 Å². The molecule has 1 aromatic carbocycles. The summed E-state index contributed by atoms with van der Waals surface area (Å²) >= 11 is 0. The summed E-state index contributed by atoms with van der Waals surface area (Å²) in [6.45, 7) is 5.80. The van der Waals surface area contributed by atoms with Crippen molar-refractivity contribution in [2.24, 2.45) is 0 Å². The molecule has 0 atom stereocenters. The second kappa shape index (κ2) is 5.78. The summed E-state index contributed by atoms with van der Waals surface area (Å²) in [7, 11) is 0. The lowest BCUT2D eigenvalue weighted by molar-refractivity contribution is 0.724. The van der Waals surface area contributed by atoms with Crippen molar-refractivity contribution in [2.75, 3.05) is 5.32 Å². The molecule has 108 valence electrons. The van der Waals surface area contributed by atoms with E-state index in [1.807, 2.05) is 31.2 Å². The lowest BCUT2D eigenvalue weighted by Crippen LogP contribution is -2.06. The van der Waals surface area contributed by atoms with E-state index in [0.29, 0.717) is 0 Å². The predicted molar refractivity (Wildman–Crippen MR) is 81.3 cm³/mol. The summed E-state index contributed by atoms with van der Waals surface area (Å²) in [5.41, 5.74) is 3.26. The van der Waals surface area contributed by atoms with E-state index in [-0.39, 0.29) is 0 Å². The fourth-order valence-electron chi connectivity index (χ4n) is 2.33. The van der Waals surface area contributed by atoms with E-state index in [2.05, 4.69) is 50.7 Å². The first kappa shape index (κ1) is 13.4. The zero-order valence-corrected chi connectivity index (χ0v) is 12.2. The van der Waals surface area contributed by atoms with Gasteiger partial charge in [0.2, 0.25) is 0 Å². The van der Waals surface area contributed by atoms with Crippen LogP contribution in [0.2, 0.25) is 0 Å². The number of hydrogen-bond acceptors (Lipinski definition) is 4. The number of nitrogens with zero attached hydrogens (tertiary/aromatic N) is 5. The van der Waals surface area contributed by atoms with Crippen molar-refractivity contribution < 1.29 is 0 Å². The molecule has 0 unspecified atom stereocenters. The molecular formula is C15H18N6. The highest BCUT2D eigenvalue weighted by Crippen LogP contribution is 2.15. The summed E-state index contributed by atoms with van der Waals surface area (Å²) in [6.07, 6.45) is 2.10. The Morgan fingerprint density at radius 3 is 2.86 bits per heavy atom. The molecule has 21 heavy (non-hydrogen) atoms. The van der Waals surface area contributed by atoms with Crippen molar-refractivity contribution in [1.29, 1.82) is 0 Å². The van der Waals surface area contributed by atoms with Crippen LogP contribution in [0.15, 0.2) is 42.6 Å². The number of hydrogen-bond donors (Lipinski definition) is 1. The van der Waals surface area contributed by atoms with E-state index in [0.717, 1.165) is 30.3 Å². The molecule has 0 saturated heterocycles. The number of aryl methyl sites for hydroxylation is 2. The van der Waals surface area contributed by atoms with Crippen LogP contribution in [-0.2, 0) is 13.1 Å². The van der Waals surface area contributed by atoms with Crippen molar-refractivity contribution >= 4 is 5.69 Å². The maximum atomic E-state index is 3.99. The van der Waals surface area contributed by atoms with Gasteiger partial charge in [0.05, 0.1) is 12.2 Å². The van der Waals surface area contributed by atoms with E-state index in [9.17, 15) is 0 Å². The van der Waals surface area contributed by atoms with Crippen LogP contribution in [0.5, 0.6) is 0 Å². The highest BCUT2D eigenvalue weighted by atomic mass is 15.5. The number of aromatic nitrogens is 5. The lowest BCUT2D eigenvalue weighted by Gasteiger charge is -2.10. The Labute approximate surface area is 123 Å². The van der Waals surface area contributed by atoms with Crippen LogP contribution in [0.4, 0.5) is 5.69 Å². The van der Waals surface area contributed by atoms with Crippen molar-refractivity contribution in [2.45, 2.75) is 26.9 Å². The van der Waals surface area contributed by atoms with Crippen LogP contribution in [0.1, 0.15) is 18.4 Å². The van der Waals surface area contributed by atoms with Crippen molar-refractivity contribution in [3.8, 4) is 5.69 Å². The van der Waals surface area contributed by atoms with Gasteiger partial charge in [0.15, 0.2) is 5.82 Å². The number of rotatable bonds is 5. The largest absolute Gasteiger partial charge is 0.379 e. The zero-order valence-electron chi connectivity index (χ0n) is 12.2. The molecule has 6 heteroatoms. The third kappa shape index (κ3) is 2.79. The van der Waals surface area contributed by atoms with E-state index < -0.39 is 0 Å². The monoisotopic (exact) mass is 282 g/mol. The Hall–Kier alpha value is -2.63. The minimum absolute atomic E-state index is 0.770. The van der Waals surface area contributed by atoms with Gasteiger partial charge in [-0.05, 0) is 54.6 Å². The first-order valence-corrected chi connectivity index (χ1v) is 7.01. The summed E-state index contributed by atoms with van der Waals surface area (Å²) < 4.78 is 3.95. The standard InChI is InChI=1S/C15H18N6/c1-3-20-9-5-8-15(20)11-16-13-6-4-7-14(10-13)21-12(2)17-18-19-21/h4-10,16H,3,11H2,1-2H3. The molecule has 0 amide bonds. The molecule has 1 N–H and O–H groups in total. The number of nitrogens with one attached hydrogen (secondary N) is 1. The van der Waals surface area contributed by atoms with Crippen LogP contribution in [-0.4, -0.2) is 24.8 Å². The van der Waals surface area contributed by atoms with E-state index in [1.54, 1.807) is 4.68 Å². The Morgan fingerprint density at radius 2 is 2.10 bits per heavy atom. The first-order chi connectivity index (χ1) is 10.3. The molecule has 6 nitrogen and oxygen atoms in total. The van der Waals surface area contributed by atoms with Gasteiger partial charge in [0, 0.05) is 24.1 Å². The SMILES string of the molecule is CCn1cccc1CNc1cccc(-n2nnnc2C)c1. The smallest absolute Gasteiger partial charge is 0.153 e. The molecular weight excluding hydrogens is 264 g/mol. The highest BCUT2D eigenvalue weighted by Gasteiger charge is 2.04. The topological polar surface area (TPSA) is 60.6 Å². The van der Waals surface area contributed by atoms with Gasteiger partial charge in [-0.15, -0.1) is 5.10 Å². The minimum atomic E-state index is 0.770. The molecule has 3 rings (SSSR count). The maximum absolute atomic E-state index is 3.99. The number of anilines is 1. The minimum Gasteiger partial charge on any atom is -0.379 e. The van der Waals surface area contributed by atoms with Gasteiger partial charge in [-0.1, -0.05) is 6.07 Å². The van der Waals surface area contributed by atoms with Crippen molar-refractivity contribution in [3.05, 3.63) is 54.1 Å². The van der Waals surface area contributed by atoms with E-state index in [4.69, 9.17) is 0 Å². The summed E-state index contributed by atoms with van der Waals surface area (Å²) in [4.78, 5) is 0. The summed E-state index contributed by atoms with van der Waals surface area (Å²) in [5, 5.41) is 15.0. The quantitative estimate of drug-likeness (QED) is 0.780. The molecule has 0 bridgehead atoms. The number of benzene rings is 1. The number of tetrazole rings is 1. The summed E-state index contributed by atoms with van der Waals surface area (Å²) in [5.74, 6) is 0.770. The highest BCUT2D eigenvalue weighted by molar-refractivity contribution is 5.51. The van der Waals surface area contributed by atoms with Gasteiger partial charge in [-0.3, -0.25) is 0 Å². The van der Waals surface area contributed by atoms with E-state index >= 15 is 0 Å². The van der Waals surface area contributed by atoms with Crippen LogP contribution >= 0.6 is 0 Å². The van der Waals surface area contributed by atoms with E-state index in [1.165, 1.54) is 5.69 Å². The van der Waals surface area contributed by atoms with Gasteiger partial charge >= 0.3 is 0 Å². The normalized spacial score (nSPS) is 10.8. The fourth-order valence-corrected chi connectivity index (χ4v) is 2.33. The average Bonchev–Trinajstić information content (AvgIpc) is 3.13. The molecule has 2 aromatic heterocycles. The molecule has 0 aliphatic carbocycles. The molecule has 0 aliphatic heterocycles. The Morgan fingerprint density at radius 1 is 1.19 bits per heavy atom. The van der Waals surface area contributed by atoms with Crippen LogP contribution < -0.4 is 5.32 Å². The molecule has 3 aromatic rings. The average molecular weight is 282 g/mol. The van der Waals surface area contributed by atoms with Gasteiger partial charge < -0.3 is 9.88 Å². The second-order valence-corrected chi connectivity index (χ2v) is 4.83. The Bertz CT molecular complexity index is 727. The van der Waals surface area contributed by atoms with Gasteiger partial charge in [-0.25, -0.2) is 0 Å². The molecule has 0 saturated carbocycles. The lowest BCUT2D eigenvalue weighted by atomic mass is 10.2. The second-order valence-electron chi connectivity index (χ2n) is 4.83. The first-order valence-electron chi connectivity index (χ1n) is 7.01. The summed E-state index contributed by atoms with van der Waals surface area (Å²) in [6, 6.07) is 12.3. The van der Waals surface area contributed by atoms with Crippen LogP contribution in [0.25, 0.3) is 5.69 Å². The van der Waals surface area contributed by atoms with Crippen LogP contribution in [0.3, 0.4) is 0 Å². The third-order valence-electron chi connectivity index (χ3n) is 3.45.